The summed E-state index contributed by atoms with van der Waals surface area (Å²) in [5.41, 5.74) is 0. The molecule has 18 heavy (non-hydrogen) atoms. The normalized spacial score (nSPS) is 40.7. The SMILES string of the molecule is CC1CN2CCCCC2CN1C(C)C1CCCO1. The van der Waals surface area contributed by atoms with Crippen LogP contribution in [0.3, 0.4) is 0 Å². The van der Waals surface area contributed by atoms with Gasteiger partial charge in [0.25, 0.3) is 0 Å². The zero-order chi connectivity index (χ0) is 12.5. The molecule has 3 rings (SSSR count). The van der Waals surface area contributed by atoms with E-state index < -0.39 is 0 Å². The van der Waals surface area contributed by atoms with Gasteiger partial charge in [-0.05, 0) is 46.1 Å². The molecule has 3 saturated heterocycles. The number of piperazine rings is 1. The molecule has 0 aliphatic carbocycles. The summed E-state index contributed by atoms with van der Waals surface area (Å²) in [4.78, 5) is 5.45. The van der Waals surface area contributed by atoms with Crippen LogP contribution in [0.2, 0.25) is 0 Å². The van der Waals surface area contributed by atoms with Crippen molar-refractivity contribution in [3.05, 3.63) is 0 Å². The molecule has 3 nitrogen and oxygen atoms in total. The molecular formula is C15H28N2O. The van der Waals surface area contributed by atoms with Crippen molar-refractivity contribution in [3.63, 3.8) is 0 Å². The summed E-state index contributed by atoms with van der Waals surface area (Å²) in [7, 11) is 0. The lowest BCUT2D eigenvalue weighted by molar-refractivity contribution is -0.0440. The smallest absolute Gasteiger partial charge is 0.0728 e. The first-order valence-corrected chi connectivity index (χ1v) is 7.87. The molecule has 3 heteroatoms. The van der Waals surface area contributed by atoms with Crippen LogP contribution in [-0.4, -0.2) is 60.3 Å². The number of rotatable bonds is 2. The van der Waals surface area contributed by atoms with Gasteiger partial charge in [0.05, 0.1) is 6.10 Å². The molecule has 0 aromatic carbocycles. The van der Waals surface area contributed by atoms with Crippen LogP contribution >= 0.6 is 0 Å². The van der Waals surface area contributed by atoms with Gasteiger partial charge in [0, 0.05) is 37.8 Å². The Labute approximate surface area is 111 Å². The molecule has 3 fully saturated rings. The lowest BCUT2D eigenvalue weighted by Crippen LogP contribution is -2.62. The minimum Gasteiger partial charge on any atom is -0.377 e. The Morgan fingerprint density at radius 3 is 2.78 bits per heavy atom. The minimum atomic E-state index is 0.489. The van der Waals surface area contributed by atoms with Crippen LogP contribution in [0.1, 0.15) is 46.0 Å². The molecule has 4 unspecified atom stereocenters. The Bertz CT molecular complexity index is 278. The Balaban J connectivity index is 1.64. The average Bonchev–Trinajstić information content (AvgIpc) is 2.91. The Morgan fingerprint density at radius 1 is 1.11 bits per heavy atom. The second-order valence-electron chi connectivity index (χ2n) is 6.48. The third kappa shape index (κ3) is 2.45. The van der Waals surface area contributed by atoms with Crippen molar-refractivity contribution in [3.8, 4) is 0 Å². The lowest BCUT2D eigenvalue weighted by atomic mass is 9.95. The third-order valence-electron chi connectivity index (χ3n) is 5.26. The van der Waals surface area contributed by atoms with Gasteiger partial charge in [-0.3, -0.25) is 9.80 Å². The molecule has 0 aromatic heterocycles. The van der Waals surface area contributed by atoms with Crippen LogP contribution in [0.5, 0.6) is 0 Å². The van der Waals surface area contributed by atoms with Gasteiger partial charge >= 0.3 is 0 Å². The molecule has 4 atom stereocenters. The van der Waals surface area contributed by atoms with E-state index in [0.717, 1.165) is 12.6 Å². The Morgan fingerprint density at radius 2 is 2.00 bits per heavy atom. The summed E-state index contributed by atoms with van der Waals surface area (Å²) in [5, 5.41) is 0. The standard InChI is InChI=1S/C15H28N2O/c1-12-10-16-8-4-3-6-14(16)11-17(12)13(2)15-7-5-9-18-15/h12-15H,3-11H2,1-2H3. The molecule has 3 aliphatic rings. The second kappa shape index (κ2) is 5.48. The summed E-state index contributed by atoms with van der Waals surface area (Å²) in [6, 6.07) is 2.11. The molecule has 0 aromatic rings. The van der Waals surface area contributed by atoms with Crippen molar-refractivity contribution in [1.82, 2.24) is 9.80 Å². The number of ether oxygens (including phenoxy) is 1. The fourth-order valence-corrected chi connectivity index (χ4v) is 4.14. The number of hydrogen-bond acceptors (Lipinski definition) is 3. The van der Waals surface area contributed by atoms with E-state index in [4.69, 9.17) is 4.74 Å². The van der Waals surface area contributed by atoms with Crippen molar-refractivity contribution < 1.29 is 4.74 Å². The number of fused-ring (bicyclic) bond motifs is 1. The third-order valence-corrected chi connectivity index (χ3v) is 5.26. The quantitative estimate of drug-likeness (QED) is 0.748. The van der Waals surface area contributed by atoms with Crippen molar-refractivity contribution in [2.45, 2.75) is 70.2 Å². The monoisotopic (exact) mass is 252 g/mol. The van der Waals surface area contributed by atoms with Crippen molar-refractivity contribution >= 4 is 0 Å². The molecule has 0 amide bonds. The highest BCUT2D eigenvalue weighted by molar-refractivity contribution is 4.93. The average molecular weight is 252 g/mol. The van der Waals surface area contributed by atoms with Crippen LogP contribution in [-0.2, 0) is 4.74 Å². The van der Waals surface area contributed by atoms with Crippen LogP contribution in [0.15, 0.2) is 0 Å². The largest absolute Gasteiger partial charge is 0.377 e. The van der Waals surface area contributed by atoms with Gasteiger partial charge in [-0.25, -0.2) is 0 Å². The van der Waals surface area contributed by atoms with Gasteiger partial charge in [-0.1, -0.05) is 6.42 Å². The van der Waals surface area contributed by atoms with Gasteiger partial charge in [-0.15, -0.1) is 0 Å². The number of nitrogens with zero attached hydrogens (tertiary/aromatic N) is 2. The fraction of sp³-hybridized carbons (Fsp3) is 1.00. The molecule has 0 bridgehead atoms. The van der Waals surface area contributed by atoms with Crippen LogP contribution in [0.25, 0.3) is 0 Å². The fourth-order valence-electron chi connectivity index (χ4n) is 4.14. The number of hydrogen-bond donors (Lipinski definition) is 0. The predicted molar refractivity (Wildman–Crippen MR) is 73.8 cm³/mol. The number of piperidine rings is 1. The van der Waals surface area contributed by atoms with E-state index in [-0.39, 0.29) is 0 Å². The molecule has 104 valence electrons. The van der Waals surface area contributed by atoms with Crippen molar-refractivity contribution in [2.75, 3.05) is 26.2 Å². The zero-order valence-corrected chi connectivity index (χ0v) is 12.0. The molecule has 0 saturated carbocycles. The zero-order valence-electron chi connectivity index (χ0n) is 12.0. The van der Waals surface area contributed by atoms with Gasteiger partial charge < -0.3 is 4.74 Å². The summed E-state index contributed by atoms with van der Waals surface area (Å²) in [6.45, 7) is 9.62. The highest BCUT2D eigenvalue weighted by Crippen LogP contribution is 2.28. The van der Waals surface area contributed by atoms with E-state index in [1.54, 1.807) is 0 Å². The lowest BCUT2D eigenvalue weighted by Gasteiger charge is -2.50. The van der Waals surface area contributed by atoms with E-state index in [9.17, 15) is 0 Å². The van der Waals surface area contributed by atoms with E-state index >= 15 is 0 Å². The van der Waals surface area contributed by atoms with Gasteiger partial charge in [-0.2, -0.15) is 0 Å². The minimum absolute atomic E-state index is 0.489. The van der Waals surface area contributed by atoms with Gasteiger partial charge in [0.1, 0.15) is 0 Å². The van der Waals surface area contributed by atoms with Crippen LogP contribution < -0.4 is 0 Å². The summed E-state index contributed by atoms with van der Waals surface area (Å²) in [6.07, 6.45) is 7.25. The second-order valence-corrected chi connectivity index (χ2v) is 6.48. The topological polar surface area (TPSA) is 15.7 Å². The molecule has 3 aliphatic heterocycles. The first kappa shape index (κ1) is 12.9. The first-order chi connectivity index (χ1) is 8.75. The van der Waals surface area contributed by atoms with Crippen LogP contribution in [0, 0.1) is 0 Å². The van der Waals surface area contributed by atoms with Crippen molar-refractivity contribution in [2.24, 2.45) is 0 Å². The van der Waals surface area contributed by atoms with E-state index in [2.05, 4.69) is 23.6 Å². The van der Waals surface area contributed by atoms with E-state index in [1.807, 2.05) is 0 Å². The Kier molecular flexibility index (Phi) is 3.92. The van der Waals surface area contributed by atoms with Gasteiger partial charge in [0.15, 0.2) is 0 Å². The molecular weight excluding hydrogens is 224 g/mol. The molecule has 0 radical (unpaired) electrons. The van der Waals surface area contributed by atoms with Gasteiger partial charge in [0.2, 0.25) is 0 Å². The maximum atomic E-state index is 5.90. The molecule has 0 N–H and O–H groups in total. The molecule has 3 heterocycles. The summed E-state index contributed by atoms with van der Waals surface area (Å²) >= 11 is 0. The van der Waals surface area contributed by atoms with Crippen LogP contribution in [0.4, 0.5) is 0 Å². The van der Waals surface area contributed by atoms with E-state index in [0.29, 0.717) is 18.2 Å². The van der Waals surface area contributed by atoms with Crippen molar-refractivity contribution in [1.29, 1.82) is 0 Å². The maximum Gasteiger partial charge on any atom is 0.0728 e. The molecule has 0 spiro atoms. The maximum absolute atomic E-state index is 5.90. The predicted octanol–water partition coefficient (Wildman–Crippen LogP) is 2.11. The first-order valence-electron chi connectivity index (χ1n) is 7.87. The Hall–Kier alpha value is -0.120. The summed E-state index contributed by atoms with van der Waals surface area (Å²) < 4.78 is 5.90. The van der Waals surface area contributed by atoms with E-state index in [1.165, 1.54) is 51.7 Å². The highest BCUT2D eigenvalue weighted by atomic mass is 16.5. The summed E-state index contributed by atoms with van der Waals surface area (Å²) in [5.74, 6) is 0. The highest BCUT2D eigenvalue weighted by Gasteiger charge is 2.37.